The highest BCUT2D eigenvalue weighted by Gasteiger charge is 2.36. The fraction of sp³-hybridized carbons (Fsp3) is 0.900. The Kier molecular flexibility index (Phi) is 2.54. The van der Waals surface area contributed by atoms with E-state index in [4.69, 9.17) is 5.73 Å². The fourth-order valence-corrected chi connectivity index (χ4v) is 2.78. The molecule has 3 heteroatoms. The molecule has 0 spiro atoms. The van der Waals surface area contributed by atoms with Gasteiger partial charge in [-0.15, -0.1) is 0 Å². The molecule has 1 aliphatic carbocycles. The first-order chi connectivity index (χ1) is 6.29. The first kappa shape index (κ1) is 9.00. The number of likely N-dealkylation sites (tertiary alicyclic amines) is 1. The molecular formula is C10H18N2O. The minimum absolute atomic E-state index is 0.0885. The summed E-state index contributed by atoms with van der Waals surface area (Å²) in [6, 6.07) is 0.472. The molecule has 3 nitrogen and oxygen atoms in total. The number of primary amides is 1. The van der Waals surface area contributed by atoms with Crippen molar-refractivity contribution >= 4 is 5.91 Å². The summed E-state index contributed by atoms with van der Waals surface area (Å²) in [7, 11) is 0. The van der Waals surface area contributed by atoms with Gasteiger partial charge in [-0.05, 0) is 38.8 Å². The average molecular weight is 182 g/mol. The molecule has 0 aromatic rings. The van der Waals surface area contributed by atoms with Crippen molar-refractivity contribution in [2.75, 3.05) is 13.1 Å². The molecule has 2 atom stereocenters. The number of carbonyl (C=O) groups excluding carboxylic acids is 1. The Morgan fingerprint density at radius 1 is 1.15 bits per heavy atom. The predicted molar refractivity (Wildman–Crippen MR) is 51.1 cm³/mol. The lowest BCUT2D eigenvalue weighted by atomic mass is 10.0. The Hall–Kier alpha value is -0.570. The molecule has 0 radical (unpaired) electrons. The second-order valence-corrected chi connectivity index (χ2v) is 4.25. The van der Waals surface area contributed by atoms with E-state index < -0.39 is 0 Å². The van der Waals surface area contributed by atoms with Crippen LogP contribution in [0.2, 0.25) is 0 Å². The van der Waals surface area contributed by atoms with E-state index in [-0.39, 0.29) is 11.8 Å². The van der Waals surface area contributed by atoms with Gasteiger partial charge >= 0.3 is 0 Å². The van der Waals surface area contributed by atoms with Gasteiger partial charge in [-0.25, -0.2) is 0 Å². The maximum Gasteiger partial charge on any atom is 0.222 e. The third-order valence-electron chi connectivity index (χ3n) is 3.45. The van der Waals surface area contributed by atoms with Gasteiger partial charge in [0.25, 0.3) is 0 Å². The molecule has 1 heterocycles. The van der Waals surface area contributed by atoms with Gasteiger partial charge in [-0.1, -0.05) is 6.42 Å². The standard InChI is InChI=1S/C10H18N2O/c11-10(13)8-4-3-5-9(8)12-6-1-2-7-12/h8-9H,1-7H2,(H2,11,13)/t8-,9-/m0/s1. The molecule has 2 rings (SSSR count). The number of nitrogens with zero attached hydrogens (tertiary/aromatic N) is 1. The van der Waals surface area contributed by atoms with Crippen molar-refractivity contribution in [3.8, 4) is 0 Å². The summed E-state index contributed by atoms with van der Waals surface area (Å²) >= 11 is 0. The molecule has 0 unspecified atom stereocenters. The van der Waals surface area contributed by atoms with Crippen LogP contribution in [0.25, 0.3) is 0 Å². The SMILES string of the molecule is NC(=O)[C@H]1CCC[C@@H]1N1CCCC1. The summed E-state index contributed by atoms with van der Waals surface area (Å²) in [5.41, 5.74) is 5.39. The van der Waals surface area contributed by atoms with Crippen LogP contribution in [0.3, 0.4) is 0 Å². The van der Waals surface area contributed by atoms with Crippen molar-refractivity contribution in [2.45, 2.75) is 38.1 Å². The van der Waals surface area contributed by atoms with Crippen molar-refractivity contribution < 1.29 is 4.79 Å². The number of nitrogens with two attached hydrogens (primary N) is 1. The van der Waals surface area contributed by atoms with Gasteiger partial charge in [0, 0.05) is 6.04 Å². The van der Waals surface area contributed by atoms with Gasteiger partial charge in [0.15, 0.2) is 0 Å². The molecule has 13 heavy (non-hydrogen) atoms. The van der Waals surface area contributed by atoms with Crippen molar-refractivity contribution in [1.82, 2.24) is 4.90 Å². The van der Waals surface area contributed by atoms with Crippen LogP contribution in [-0.2, 0) is 4.79 Å². The number of hydrogen-bond donors (Lipinski definition) is 1. The third-order valence-corrected chi connectivity index (χ3v) is 3.45. The van der Waals surface area contributed by atoms with E-state index in [0.29, 0.717) is 6.04 Å². The molecule has 0 aromatic heterocycles. The zero-order valence-corrected chi connectivity index (χ0v) is 8.04. The number of rotatable bonds is 2. The molecular weight excluding hydrogens is 164 g/mol. The van der Waals surface area contributed by atoms with E-state index >= 15 is 0 Å². The summed E-state index contributed by atoms with van der Waals surface area (Å²) in [6.45, 7) is 2.35. The first-order valence-electron chi connectivity index (χ1n) is 5.32. The maximum atomic E-state index is 11.2. The second-order valence-electron chi connectivity index (χ2n) is 4.25. The Bertz CT molecular complexity index is 199. The molecule has 0 bridgehead atoms. The Morgan fingerprint density at radius 3 is 2.46 bits per heavy atom. The lowest BCUT2D eigenvalue weighted by Gasteiger charge is -2.27. The molecule has 1 amide bonds. The molecule has 1 saturated carbocycles. The van der Waals surface area contributed by atoms with Crippen LogP contribution in [0.4, 0.5) is 0 Å². The largest absolute Gasteiger partial charge is 0.369 e. The van der Waals surface area contributed by atoms with E-state index in [0.717, 1.165) is 6.42 Å². The predicted octanol–water partition coefficient (Wildman–Crippen LogP) is 0.736. The number of amides is 1. The lowest BCUT2D eigenvalue weighted by molar-refractivity contribution is -0.123. The smallest absolute Gasteiger partial charge is 0.222 e. The van der Waals surface area contributed by atoms with Gasteiger partial charge in [0.05, 0.1) is 5.92 Å². The Morgan fingerprint density at radius 2 is 1.85 bits per heavy atom. The number of carbonyl (C=O) groups is 1. The second kappa shape index (κ2) is 3.66. The first-order valence-corrected chi connectivity index (χ1v) is 5.32. The highest BCUT2D eigenvalue weighted by atomic mass is 16.1. The highest BCUT2D eigenvalue weighted by Crippen LogP contribution is 2.31. The van der Waals surface area contributed by atoms with Crippen LogP contribution in [0.15, 0.2) is 0 Å². The average Bonchev–Trinajstić information content (AvgIpc) is 2.74. The van der Waals surface area contributed by atoms with Crippen LogP contribution in [-0.4, -0.2) is 29.9 Å². The number of hydrogen-bond acceptors (Lipinski definition) is 2. The van der Waals surface area contributed by atoms with Gasteiger partial charge in [0.1, 0.15) is 0 Å². The van der Waals surface area contributed by atoms with E-state index in [9.17, 15) is 4.79 Å². The maximum absolute atomic E-state index is 11.2. The quantitative estimate of drug-likeness (QED) is 0.684. The monoisotopic (exact) mass is 182 g/mol. The van der Waals surface area contributed by atoms with E-state index in [2.05, 4.69) is 4.90 Å². The zero-order chi connectivity index (χ0) is 9.26. The molecule has 74 valence electrons. The lowest BCUT2D eigenvalue weighted by Crippen LogP contribution is -2.41. The Labute approximate surface area is 79.3 Å². The summed E-state index contributed by atoms with van der Waals surface area (Å²) in [5.74, 6) is 0.0486. The van der Waals surface area contributed by atoms with E-state index in [1.54, 1.807) is 0 Å². The molecule has 2 aliphatic rings. The summed E-state index contributed by atoms with van der Waals surface area (Å²) in [4.78, 5) is 13.6. The normalized spacial score (nSPS) is 35.4. The molecule has 1 saturated heterocycles. The summed E-state index contributed by atoms with van der Waals surface area (Å²) in [5, 5.41) is 0. The minimum atomic E-state index is -0.0885. The molecule has 0 aromatic carbocycles. The minimum Gasteiger partial charge on any atom is -0.369 e. The van der Waals surface area contributed by atoms with Crippen LogP contribution in [0, 0.1) is 5.92 Å². The van der Waals surface area contributed by atoms with E-state index in [1.807, 2.05) is 0 Å². The van der Waals surface area contributed by atoms with Crippen molar-refractivity contribution in [3.05, 3.63) is 0 Å². The van der Waals surface area contributed by atoms with Crippen LogP contribution in [0.1, 0.15) is 32.1 Å². The van der Waals surface area contributed by atoms with Crippen LogP contribution >= 0.6 is 0 Å². The van der Waals surface area contributed by atoms with Gasteiger partial charge in [0.2, 0.25) is 5.91 Å². The van der Waals surface area contributed by atoms with E-state index in [1.165, 1.54) is 38.8 Å². The molecule has 1 aliphatic heterocycles. The zero-order valence-electron chi connectivity index (χ0n) is 8.04. The highest BCUT2D eigenvalue weighted by molar-refractivity contribution is 5.77. The fourth-order valence-electron chi connectivity index (χ4n) is 2.78. The van der Waals surface area contributed by atoms with Crippen LogP contribution in [0.5, 0.6) is 0 Å². The van der Waals surface area contributed by atoms with Crippen molar-refractivity contribution in [1.29, 1.82) is 0 Å². The summed E-state index contributed by atoms with van der Waals surface area (Å²) in [6.07, 6.45) is 5.95. The van der Waals surface area contributed by atoms with Crippen LogP contribution < -0.4 is 5.73 Å². The topological polar surface area (TPSA) is 46.3 Å². The molecule has 2 fully saturated rings. The summed E-state index contributed by atoms with van der Waals surface area (Å²) < 4.78 is 0. The molecule has 2 N–H and O–H groups in total. The third kappa shape index (κ3) is 1.70. The van der Waals surface area contributed by atoms with Gasteiger partial charge in [-0.3, -0.25) is 9.69 Å². The Balaban J connectivity index is 2.00. The van der Waals surface area contributed by atoms with Crippen molar-refractivity contribution in [2.24, 2.45) is 11.7 Å². The van der Waals surface area contributed by atoms with Crippen molar-refractivity contribution in [3.63, 3.8) is 0 Å². The van der Waals surface area contributed by atoms with Gasteiger partial charge in [-0.2, -0.15) is 0 Å². The van der Waals surface area contributed by atoms with Gasteiger partial charge < -0.3 is 5.73 Å².